The summed E-state index contributed by atoms with van der Waals surface area (Å²) in [7, 11) is 3.29. The molecule has 1 heterocycles. The second-order valence-corrected chi connectivity index (χ2v) is 7.37. The van der Waals surface area contributed by atoms with Gasteiger partial charge in [0.05, 0.1) is 25.3 Å². The summed E-state index contributed by atoms with van der Waals surface area (Å²) in [6.07, 6.45) is 0. The Morgan fingerprint density at radius 1 is 1.07 bits per heavy atom. The number of likely N-dealkylation sites (N-methyl/N-ethyl adjacent to an activating group) is 1. The molecule has 0 radical (unpaired) electrons. The Morgan fingerprint density at radius 3 is 2.40 bits per heavy atom. The molecule has 8 nitrogen and oxygen atoms in total. The summed E-state index contributed by atoms with van der Waals surface area (Å²) in [6.45, 7) is 3.90. The van der Waals surface area contributed by atoms with Gasteiger partial charge in [-0.05, 0) is 31.5 Å². The van der Waals surface area contributed by atoms with E-state index in [9.17, 15) is 14.4 Å². The van der Waals surface area contributed by atoms with Crippen LogP contribution in [0, 0.1) is 6.92 Å². The van der Waals surface area contributed by atoms with E-state index in [0.717, 1.165) is 17.0 Å². The van der Waals surface area contributed by atoms with Gasteiger partial charge in [-0.3, -0.25) is 4.79 Å². The van der Waals surface area contributed by atoms with Crippen LogP contribution in [0.2, 0.25) is 0 Å². The van der Waals surface area contributed by atoms with Gasteiger partial charge >= 0.3 is 11.9 Å². The molecular weight excluding hydrogens is 408 g/mol. The second-order valence-electron chi connectivity index (χ2n) is 6.35. The first kappa shape index (κ1) is 23.4. The number of nitrogens with zero attached hydrogens (tertiary/aromatic N) is 1. The van der Waals surface area contributed by atoms with Crippen LogP contribution in [-0.4, -0.2) is 58.4 Å². The van der Waals surface area contributed by atoms with Crippen LogP contribution in [0.15, 0.2) is 30.3 Å². The predicted molar refractivity (Wildman–Crippen MR) is 116 cm³/mol. The van der Waals surface area contributed by atoms with Gasteiger partial charge in [0.25, 0.3) is 0 Å². The van der Waals surface area contributed by atoms with Crippen LogP contribution in [0.25, 0.3) is 0 Å². The molecule has 1 N–H and O–H groups in total. The minimum atomic E-state index is -0.603. The van der Waals surface area contributed by atoms with Crippen LogP contribution in [0.5, 0.6) is 0 Å². The molecule has 162 valence electrons. The Bertz CT molecular complexity index is 881. The Kier molecular flexibility index (Phi) is 8.82. The van der Waals surface area contributed by atoms with Crippen LogP contribution in [0.1, 0.15) is 32.5 Å². The van der Waals surface area contributed by atoms with Gasteiger partial charge in [0.15, 0.2) is 0 Å². The molecule has 0 spiro atoms. The lowest BCUT2D eigenvalue weighted by atomic mass is 10.1. The SMILES string of the molecule is CCOC(=O)c1c(NC(=O)CN(C)c2ccccc2)sc(C(=O)OCCOC)c1C. The first-order chi connectivity index (χ1) is 14.4. The average Bonchev–Trinajstić information content (AvgIpc) is 3.04. The van der Waals surface area contributed by atoms with E-state index >= 15 is 0 Å². The highest BCUT2D eigenvalue weighted by Crippen LogP contribution is 2.34. The number of nitrogens with one attached hydrogen (secondary N) is 1. The molecular formula is C21H26N2O6S. The summed E-state index contributed by atoms with van der Waals surface area (Å²) in [5.74, 6) is -1.51. The van der Waals surface area contributed by atoms with Crippen LogP contribution < -0.4 is 10.2 Å². The quantitative estimate of drug-likeness (QED) is 0.454. The van der Waals surface area contributed by atoms with E-state index in [1.165, 1.54) is 7.11 Å². The van der Waals surface area contributed by atoms with Gasteiger partial charge in [-0.1, -0.05) is 18.2 Å². The van der Waals surface area contributed by atoms with Crippen molar-refractivity contribution in [2.45, 2.75) is 13.8 Å². The Hall–Kier alpha value is -2.91. The third-order valence-electron chi connectivity index (χ3n) is 4.16. The molecule has 9 heteroatoms. The molecule has 30 heavy (non-hydrogen) atoms. The molecule has 0 saturated heterocycles. The number of hydrogen-bond acceptors (Lipinski definition) is 8. The van der Waals surface area contributed by atoms with E-state index in [0.29, 0.717) is 5.56 Å². The molecule has 2 aromatic rings. The van der Waals surface area contributed by atoms with Crippen LogP contribution in [-0.2, 0) is 19.0 Å². The van der Waals surface area contributed by atoms with Gasteiger partial charge in [-0.15, -0.1) is 11.3 Å². The summed E-state index contributed by atoms with van der Waals surface area (Å²) >= 11 is 0.991. The highest BCUT2D eigenvalue weighted by molar-refractivity contribution is 7.18. The number of para-hydroxylation sites is 1. The number of benzene rings is 1. The Balaban J connectivity index is 2.21. The zero-order chi connectivity index (χ0) is 22.1. The maximum atomic E-state index is 12.6. The number of methoxy groups -OCH3 is 1. The van der Waals surface area contributed by atoms with Gasteiger partial charge in [-0.25, -0.2) is 9.59 Å². The lowest BCUT2D eigenvalue weighted by Crippen LogP contribution is -2.30. The molecule has 0 saturated carbocycles. The molecule has 1 amide bonds. The van der Waals surface area contributed by atoms with Gasteiger partial charge < -0.3 is 24.4 Å². The fraction of sp³-hybridized carbons (Fsp3) is 0.381. The smallest absolute Gasteiger partial charge is 0.348 e. The summed E-state index contributed by atoms with van der Waals surface area (Å²) in [6, 6.07) is 9.44. The van der Waals surface area contributed by atoms with Crippen molar-refractivity contribution in [3.05, 3.63) is 46.3 Å². The molecule has 0 aliphatic carbocycles. The summed E-state index contributed by atoms with van der Waals surface area (Å²) in [4.78, 5) is 39.5. The molecule has 1 aromatic carbocycles. The molecule has 0 unspecified atom stereocenters. The number of hydrogen-bond donors (Lipinski definition) is 1. The molecule has 0 aliphatic heterocycles. The fourth-order valence-corrected chi connectivity index (χ4v) is 3.79. The Morgan fingerprint density at radius 2 is 1.77 bits per heavy atom. The van der Waals surface area contributed by atoms with Crippen molar-refractivity contribution in [2.24, 2.45) is 0 Å². The van der Waals surface area contributed by atoms with E-state index in [-0.39, 0.29) is 47.7 Å². The molecule has 0 fully saturated rings. The van der Waals surface area contributed by atoms with E-state index in [1.807, 2.05) is 30.3 Å². The number of anilines is 2. The van der Waals surface area contributed by atoms with Gasteiger partial charge in [0, 0.05) is 19.8 Å². The monoisotopic (exact) mass is 434 g/mol. The number of carbonyl (C=O) groups excluding carboxylic acids is 3. The van der Waals surface area contributed by atoms with Crippen LogP contribution >= 0.6 is 11.3 Å². The molecule has 2 rings (SSSR count). The van der Waals surface area contributed by atoms with Crippen molar-refractivity contribution in [2.75, 3.05) is 50.7 Å². The first-order valence-electron chi connectivity index (χ1n) is 9.41. The number of amides is 1. The van der Waals surface area contributed by atoms with E-state index in [4.69, 9.17) is 14.2 Å². The number of rotatable bonds is 10. The predicted octanol–water partition coefficient (Wildman–Crippen LogP) is 3.11. The fourth-order valence-electron chi connectivity index (χ4n) is 2.68. The second kappa shape index (κ2) is 11.3. The minimum Gasteiger partial charge on any atom is -0.462 e. The van der Waals surface area contributed by atoms with E-state index < -0.39 is 11.9 Å². The largest absolute Gasteiger partial charge is 0.462 e. The topological polar surface area (TPSA) is 94.2 Å². The zero-order valence-electron chi connectivity index (χ0n) is 17.5. The molecule has 0 atom stereocenters. The zero-order valence-corrected chi connectivity index (χ0v) is 18.3. The van der Waals surface area contributed by atoms with Crippen molar-refractivity contribution in [1.29, 1.82) is 0 Å². The molecule has 0 bridgehead atoms. The average molecular weight is 435 g/mol. The third-order valence-corrected chi connectivity index (χ3v) is 5.35. The number of ether oxygens (including phenoxy) is 3. The van der Waals surface area contributed by atoms with Crippen molar-refractivity contribution in [1.82, 2.24) is 0 Å². The van der Waals surface area contributed by atoms with Crippen LogP contribution in [0.3, 0.4) is 0 Å². The van der Waals surface area contributed by atoms with E-state index in [1.54, 1.807) is 25.8 Å². The van der Waals surface area contributed by atoms with Crippen LogP contribution in [0.4, 0.5) is 10.7 Å². The maximum Gasteiger partial charge on any atom is 0.348 e. The van der Waals surface area contributed by atoms with Crippen molar-refractivity contribution >= 4 is 39.9 Å². The summed E-state index contributed by atoms with van der Waals surface area (Å²) < 4.78 is 15.1. The van der Waals surface area contributed by atoms with Gasteiger partial charge in [0.2, 0.25) is 5.91 Å². The number of carbonyl (C=O) groups is 3. The minimum absolute atomic E-state index is 0.0663. The maximum absolute atomic E-state index is 12.6. The Labute approximate surface area is 179 Å². The highest BCUT2D eigenvalue weighted by Gasteiger charge is 2.27. The molecule has 0 aliphatic rings. The van der Waals surface area contributed by atoms with E-state index in [2.05, 4.69) is 5.32 Å². The number of thiophene rings is 1. The van der Waals surface area contributed by atoms with Gasteiger partial charge in [-0.2, -0.15) is 0 Å². The highest BCUT2D eigenvalue weighted by atomic mass is 32.1. The first-order valence-corrected chi connectivity index (χ1v) is 10.2. The van der Waals surface area contributed by atoms with Crippen molar-refractivity contribution in [3.63, 3.8) is 0 Å². The normalized spacial score (nSPS) is 10.4. The number of esters is 2. The van der Waals surface area contributed by atoms with Crippen molar-refractivity contribution < 1.29 is 28.6 Å². The standard InChI is InChI=1S/C21H26N2O6S/c1-5-28-20(25)17-14(2)18(21(26)29-12-11-27-4)30-19(17)22-16(24)13-23(3)15-9-7-6-8-10-15/h6-10H,5,11-13H2,1-4H3,(H,22,24). The lowest BCUT2D eigenvalue weighted by Gasteiger charge is -2.18. The third kappa shape index (κ3) is 6.04. The summed E-state index contributed by atoms with van der Waals surface area (Å²) in [5, 5.41) is 3.00. The van der Waals surface area contributed by atoms with Gasteiger partial charge in [0.1, 0.15) is 16.5 Å². The van der Waals surface area contributed by atoms with Crippen molar-refractivity contribution in [3.8, 4) is 0 Å². The summed E-state index contributed by atoms with van der Waals surface area (Å²) in [5.41, 5.74) is 1.45. The molecule has 1 aromatic heterocycles. The lowest BCUT2D eigenvalue weighted by molar-refractivity contribution is -0.114.